The maximum Gasteiger partial charge on any atom is 0.319 e. The molecule has 0 saturated carbocycles. The first-order valence-corrected chi connectivity index (χ1v) is 9.75. The molecule has 2 amide bonds. The number of hydrogen-bond donors (Lipinski definition) is 3. The predicted octanol–water partition coefficient (Wildman–Crippen LogP) is 3.63. The van der Waals surface area contributed by atoms with Gasteiger partial charge in [0.1, 0.15) is 5.01 Å². The van der Waals surface area contributed by atoms with E-state index in [4.69, 9.17) is 4.74 Å². The number of aromatic nitrogens is 1. The van der Waals surface area contributed by atoms with Crippen molar-refractivity contribution in [1.29, 1.82) is 0 Å². The van der Waals surface area contributed by atoms with Crippen LogP contribution in [0, 0.1) is 0 Å². The van der Waals surface area contributed by atoms with Crippen LogP contribution in [0.2, 0.25) is 0 Å². The van der Waals surface area contributed by atoms with Crippen LogP contribution in [0.4, 0.5) is 10.5 Å². The fourth-order valence-electron chi connectivity index (χ4n) is 3.11. The van der Waals surface area contributed by atoms with Crippen LogP contribution < -0.4 is 10.6 Å². The lowest BCUT2D eigenvalue weighted by Gasteiger charge is -2.32. The second-order valence-electron chi connectivity index (χ2n) is 6.68. The molecule has 0 radical (unpaired) electrons. The average Bonchev–Trinajstić information content (AvgIpc) is 3.11. The third kappa shape index (κ3) is 4.10. The van der Waals surface area contributed by atoms with E-state index in [0.29, 0.717) is 31.7 Å². The van der Waals surface area contributed by atoms with Crippen LogP contribution in [0.5, 0.6) is 0 Å². The Kier molecular flexibility index (Phi) is 5.07. The molecule has 2 aromatic carbocycles. The van der Waals surface area contributed by atoms with Crippen molar-refractivity contribution in [3.63, 3.8) is 0 Å². The summed E-state index contributed by atoms with van der Waals surface area (Å²) in [5.74, 6) is 0. The minimum absolute atomic E-state index is 0.200. The summed E-state index contributed by atoms with van der Waals surface area (Å²) in [5.41, 5.74) is 1.60. The van der Waals surface area contributed by atoms with Gasteiger partial charge in [-0.05, 0) is 24.3 Å². The zero-order valence-electron chi connectivity index (χ0n) is 14.8. The number of rotatable bonds is 4. The number of benzene rings is 2. The second kappa shape index (κ2) is 7.64. The fourth-order valence-corrected chi connectivity index (χ4v) is 4.11. The molecule has 0 spiro atoms. The average molecular weight is 383 g/mol. The molecule has 0 bridgehead atoms. The molecule has 27 heavy (non-hydrogen) atoms. The Morgan fingerprint density at radius 1 is 1.15 bits per heavy atom. The lowest BCUT2D eigenvalue weighted by molar-refractivity contribution is -0.0598. The van der Waals surface area contributed by atoms with Gasteiger partial charge in [0.25, 0.3) is 0 Å². The van der Waals surface area contributed by atoms with Crippen LogP contribution in [0.25, 0.3) is 20.8 Å². The van der Waals surface area contributed by atoms with Crippen LogP contribution >= 0.6 is 11.3 Å². The number of nitrogens with one attached hydrogen (secondary N) is 2. The smallest absolute Gasteiger partial charge is 0.319 e. The van der Waals surface area contributed by atoms with E-state index in [1.807, 2.05) is 48.5 Å². The van der Waals surface area contributed by atoms with Crippen LogP contribution in [-0.2, 0) is 4.74 Å². The van der Waals surface area contributed by atoms with Gasteiger partial charge in [0.2, 0.25) is 0 Å². The first-order chi connectivity index (χ1) is 13.1. The summed E-state index contributed by atoms with van der Waals surface area (Å²) in [6, 6.07) is 15.2. The summed E-state index contributed by atoms with van der Waals surface area (Å²) in [6.45, 7) is 1.23. The van der Waals surface area contributed by atoms with Gasteiger partial charge in [-0.2, -0.15) is 0 Å². The van der Waals surface area contributed by atoms with Crippen molar-refractivity contribution in [1.82, 2.24) is 10.3 Å². The van der Waals surface area contributed by atoms with E-state index in [9.17, 15) is 9.90 Å². The highest BCUT2D eigenvalue weighted by Gasteiger charge is 2.30. The molecule has 1 fully saturated rings. The number of anilines is 1. The minimum atomic E-state index is -0.901. The van der Waals surface area contributed by atoms with Gasteiger partial charge in [0.05, 0.1) is 21.5 Å². The largest absolute Gasteiger partial charge is 0.388 e. The van der Waals surface area contributed by atoms with E-state index < -0.39 is 5.60 Å². The molecule has 1 saturated heterocycles. The number of aliphatic hydroxyl groups is 1. The number of thiazole rings is 1. The van der Waals surface area contributed by atoms with Crippen molar-refractivity contribution >= 4 is 33.3 Å². The summed E-state index contributed by atoms with van der Waals surface area (Å²) in [6.07, 6.45) is 1.05. The number of carbonyl (C=O) groups excluding carboxylic acids is 1. The van der Waals surface area contributed by atoms with Gasteiger partial charge < -0.3 is 20.5 Å². The number of carbonyl (C=O) groups is 1. The van der Waals surface area contributed by atoms with Gasteiger partial charge in [-0.15, -0.1) is 11.3 Å². The molecule has 1 aliphatic heterocycles. The summed E-state index contributed by atoms with van der Waals surface area (Å²) in [5, 5.41) is 17.0. The Morgan fingerprint density at radius 3 is 2.70 bits per heavy atom. The number of hydrogen-bond acceptors (Lipinski definition) is 5. The summed E-state index contributed by atoms with van der Waals surface area (Å²) >= 11 is 1.59. The molecular formula is C20H21N3O3S. The molecule has 1 aromatic heterocycles. The molecule has 2 heterocycles. The summed E-state index contributed by atoms with van der Waals surface area (Å²) in [4.78, 5) is 17.0. The van der Waals surface area contributed by atoms with Gasteiger partial charge in [-0.25, -0.2) is 9.78 Å². The van der Waals surface area contributed by atoms with Crippen molar-refractivity contribution in [2.75, 3.05) is 25.1 Å². The first kappa shape index (κ1) is 17.9. The van der Waals surface area contributed by atoms with E-state index in [1.54, 1.807) is 11.3 Å². The van der Waals surface area contributed by atoms with Crippen molar-refractivity contribution < 1.29 is 14.6 Å². The van der Waals surface area contributed by atoms with Crippen LogP contribution in [0.1, 0.15) is 12.8 Å². The van der Waals surface area contributed by atoms with Crippen molar-refractivity contribution in [3.05, 3.63) is 48.5 Å². The fraction of sp³-hybridized carbons (Fsp3) is 0.300. The van der Waals surface area contributed by atoms with Gasteiger partial charge in [-0.3, -0.25) is 0 Å². The second-order valence-corrected chi connectivity index (χ2v) is 7.71. The zero-order chi connectivity index (χ0) is 18.7. The normalized spacial score (nSPS) is 16.2. The number of urea groups is 1. The SMILES string of the molecule is O=C(NCC1(O)CCOCC1)Nc1ccccc1-c1nc2ccccc2s1. The molecule has 3 N–H and O–H groups in total. The Balaban J connectivity index is 1.48. The predicted molar refractivity (Wildman–Crippen MR) is 107 cm³/mol. The molecule has 0 aliphatic carbocycles. The third-order valence-corrected chi connectivity index (χ3v) is 5.77. The highest BCUT2D eigenvalue weighted by atomic mass is 32.1. The number of nitrogens with zero attached hydrogens (tertiary/aromatic N) is 1. The summed E-state index contributed by atoms with van der Waals surface area (Å²) in [7, 11) is 0. The van der Waals surface area contributed by atoms with Crippen molar-refractivity contribution in [2.45, 2.75) is 18.4 Å². The Hall–Kier alpha value is -2.48. The van der Waals surface area contributed by atoms with Crippen LogP contribution in [-0.4, -0.2) is 41.5 Å². The molecule has 7 heteroatoms. The quantitative estimate of drug-likeness (QED) is 0.642. The monoisotopic (exact) mass is 383 g/mol. The molecule has 3 aromatic rings. The van der Waals surface area contributed by atoms with Crippen LogP contribution in [0.3, 0.4) is 0 Å². The summed E-state index contributed by atoms with van der Waals surface area (Å²) < 4.78 is 6.37. The number of fused-ring (bicyclic) bond motifs is 1. The topological polar surface area (TPSA) is 83.5 Å². The third-order valence-electron chi connectivity index (χ3n) is 4.70. The van der Waals surface area contributed by atoms with Gasteiger partial charge >= 0.3 is 6.03 Å². The molecule has 0 atom stereocenters. The highest BCUT2D eigenvalue weighted by molar-refractivity contribution is 7.21. The lowest BCUT2D eigenvalue weighted by atomic mass is 9.94. The van der Waals surface area contributed by atoms with Crippen molar-refractivity contribution in [3.8, 4) is 10.6 Å². The molecule has 1 aliphatic rings. The lowest BCUT2D eigenvalue weighted by Crippen LogP contribution is -2.47. The molecular weight excluding hydrogens is 362 g/mol. The zero-order valence-corrected chi connectivity index (χ0v) is 15.6. The van der Waals surface area contributed by atoms with E-state index in [2.05, 4.69) is 15.6 Å². The highest BCUT2D eigenvalue weighted by Crippen LogP contribution is 2.34. The first-order valence-electron chi connectivity index (χ1n) is 8.93. The number of ether oxygens (including phenoxy) is 1. The van der Waals surface area contributed by atoms with E-state index in [0.717, 1.165) is 20.8 Å². The number of amides is 2. The Morgan fingerprint density at radius 2 is 1.89 bits per heavy atom. The van der Waals surface area contributed by atoms with Crippen molar-refractivity contribution in [2.24, 2.45) is 0 Å². The maximum atomic E-state index is 12.4. The van der Waals surface area contributed by atoms with E-state index in [1.165, 1.54) is 0 Å². The minimum Gasteiger partial charge on any atom is -0.388 e. The molecule has 140 valence electrons. The van der Waals surface area contributed by atoms with Gasteiger partial charge in [0.15, 0.2) is 0 Å². The number of para-hydroxylation sites is 2. The Labute approximate surface area is 161 Å². The molecule has 0 unspecified atom stereocenters. The van der Waals surface area contributed by atoms with Gasteiger partial charge in [-0.1, -0.05) is 24.3 Å². The molecule has 4 rings (SSSR count). The van der Waals surface area contributed by atoms with Crippen LogP contribution in [0.15, 0.2) is 48.5 Å². The standard InChI is InChI=1S/C20H21N3O3S/c24-19(21-13-20(25)9-11-26-12-10-20)23-15-6-2-1-5-14(15)18-22-16-7-3-4-8-17(16)27-18/h1-8,25H,9-13H2,(H2,21,23,24). The Bertz CT molecular complexity index is 917. The van der Waals surface area contributed by atoms with Gasteiger partial charge in [0, 0.05) is 38.2 Å². The van der Waals surface area contributed by atoms with E-state index >= 15 is 0 Å². The molecule has 6 nitrogen and oxygen atoms in total. The maximum absolute atomic E-state index is 12.4. The van der Waals surface area contributed by atoms with E-state index in [-0.39, 0.29) is 12.6 Å².